The van der Waals surface area contributed by atoms with Crippen LogP contribution in [0.25, 0.3) is 11.3 Å². The van der Waals surface area contributed by atoms with Crippen LogP contribution in [0, 0.1) is 0 Å². The summed E-state index contributed by atoms with van der Waals surface area (Å²) >= 11 is 0. The number of imidazole rings is 1. The summed E-state index contributed by atoms with van der Waals surface area (Å²) in [6, 6.07) is 0.820. The van der Waals surface area contributed by atoms with Crippen LogP contribution in [-0.2, 0) is 6.18 Å². The minimum absolute atomic E-state index is 0.00500. The SMILES string of the molecule is O=C(c1cnc2c(-n3cncn3)cc(C(F)(F)F)cn12)N1C=CCC(F)(F)C1. The van der Waals surface area contributed by atoms with Gasteiger partial charge in [0.2, 0.25) is 0 Å². The minimum Gasteiger partial charge on any atom is -0.308 e. The van der Waals surface area contributed by atoms with Crippen LogP contribution in [-0.4, -0.2) is 47.4 Å². The molecule has 0 saturated heterocycles. The summed E-state index contributed by atoms with van der Waals surface area (Å²) in [7, 11) is 0. The number of amides is 1. The second-order valence-electron chi connectivity index (χ2n) is 6.17. The maximum absolute atomic E-state index is 13.6. The van der Waals surface area contributed by atoms with Crippen LogP contribution < -0.4 is 0 Å². The Labute approximate surface area is 153 Å². The van der Waals surface area contributed by atoms with Crippen LogP contribution in [0.15, 0.2) is 43.4 Å². The average Bonchev–Trinajstić information content (AvgIpc) is 3.28. The van der Waals surface area contributed by atoms with Crippen molar-refractivity contribution in [2.24, 2.45) is 0 Å². The summed E-state index contributed by atoms with van der Waals surface area (Å²) in [5, 5.41) is 3.80. The summed E-state index contributed by atoms with van der Waals surface area (Å²) in [4.78, 5) is 21.1. The van der Waals surface area contributed by atoms with Crippen LogP contribution in [0.2, 0.25) is 0 Å². The topological polar surface area (TPSA) is 68.3 Å². The lowest BCUT2D eigenvalue weighted by Gasteiger charge is -2.27. The lowest BCUT2D eigenvalue weighted by molar-refractivity contribution is -0.137. The number of hydrogen-bond donors (Lipinski definition) is 0. The fourth-order valence-corrected chi connectivity index (χ4v) is 2.89. The van der Waals surface area contributed by atoms with Crippen molar-refractivity contribution < 1.29 is 26.7 Å². The number of carbonyl (C=O) groups is 1. The Morgan fingerprint density at radius 2 is 2.04 bits per heavy atom. The second kappa shape index (κ2) is 6.11. The number of hydrogen-bond acceptors (Lipinski definition) is 4. The van der Waals surface area contributed by atoms with E-state index in [2.05, 4.69) is 15.1 Å². The molecule has 1 amide bonds. The predicted octanol–water partition coefficient (Wildman–Crippen LogP) is 2.93. The van der Waals surface area contributed by atoms with E-state index in [1.165, 1.54) is 12.5 Å². The van der Waals surface area contributed by atoms with Gasteiger partial charge in [0.1, 0.15) is 24.0 Å². The number of rotatable bonds is 2. The van der Waals surface area contributed by atoms with Crippen molar-refractivity contribution >= 4 is 11.6 Å². The number of fused-ring (bicyclic) bond motifs is 1. The van der Waals surface area contributed by atoms with Crippen LogP contribution >= 0.6 is 0 Å². The molecule has 0 aromatic carbocycles. The Morgan fingerprint density at radius 1 is 1.25 bits per heavy atom. The molecular weight excluding hydrogens is 387 g/mol. The molecule has 146 valence electrons. The van der Waals surface area contributed by atoms with Crippen molar-refractivity contribution in [2.75, 3.05) is 6.54 Å². The normalized spacial score (nSPS) is 16.7. The Hall–Kier alpha value is -3.31. The zero-order chi connectivity index (χ0) is 20.1. The molecule has 1 aliphatic rings. The van der Waals surface area contributed by atoms with Crippen LogP contribution in [0.1, 0.15) is 22.5 Å². The van der Waals surface area contributed by atoms with Crippen LogP contribution in [0.3, 0.4) is 0 Å². The van der Waals surface area contributed by atoms with Crippen molar-refractivity contribution in [3.8, 4) is 5.69 Å². The molecule has 0 unspecified atom stereocenters. The van der Waals surface area contributed by atoms with E-state index in [-0.39, 0.29) is 17.0 Å². The van der Waals surface area contributed by atoms with Crippen molar-refractivity contribution in [2.45, 2.75) is 18.5 Å². The van der Waals surface area contributed by atoms with E-state index in [4.69, 9.17) is 0 Å². The van der Waals surface area contributed by atoms with Gasteiger partial charge in [-0.3, -0.25) is 9.20 Å². The minimum atomic E-state index is -4.72. The second-order valence-corrected chi connectivity index (χ2v) is 6.17. The third kappa shape index (κ3) is 3.10. The van der Waals surface area contributed by atoms with Crippen molar-refractivity contribution in [3.05, 3.63) is 54.6 Å². The zero-order valence-corrected chi connectivity index (χ0v) is 13.9. The van der Waals surface area contributed by atoms with Gasteiger partial charge in [-0.1, -0.05) is 6.08 Å². The van der Waals surface area contributed by atoms with E-state index in [1.807, 2.05) is 0 Å². The summed E-state index contributed by atoms with van der Waals surface area (Å²) in [6.45, 7) is -0.871. The predicted molar refractivity (Wildman–Crippen MR) is 84.9 cm³/mol. The largest absolute Gasteiger partial charge is 0.417 e. The van der Waals surface area contributed by atoms with Crippen LogP contribution in [0.5, 0.6) is 0 Å². The Morgan fingerprint density at radius 3 is 2.68 bits per heavy atom. The van der Waals surface area contributed by atoms with E-state index in [0.717, 1.165) is 38.6 Å². The standard InChI is InChI=1S/C16H11F5N6O/c17-15(18)2-1-3-25(7-15)14(28)12-5-23-13-11(27-9-22-8-24-27)4-10(6-26(12)13)16(19,20)21/h1,3-6,8-9H,2,7H2. The molecule has 0 fully saturated rings. The molecule has 4 rings (SSSR count). The molecule has 3 aromatic heterocycles. The number of nitrogens with zero attached hydrogens (tertiary/aromatic N) is 6. The quantitative estimate of drug-likeness (QED) is 0.623. The van der Waals surface area contributed by atoms with Gasteiger partial charge < -0.3 is 4.90 Å². The van der Waals surface area contributed by atoms with Gasteiger partial charge in [0.15, 0.2) is 5.65 Å². The van der Waals surface area contributed by atoms with Gasteiger partial charge >= 0.3 is 6.18 Å². The van der Waals surface area contributed by atoms with E-state index < -0.39 is 36.5 Å². The summed E-state index contributed by atoms with van der Waals surface area (Å²) in [5.41, 5.74) is -1.41. The first-order valence-corrected chi connectivity index (χ1v) is 7.94. The highest BCUT2D eigenvalue weighted by molar-refractivity contribution is 5.94. The van der Waals surface area contributed by atoms with Crippen LogP contribution in [0.4, 0.5) is 22.0 Å². The molecule has 4 heterocycles. The molecule has 1 aliphatic heterocycles. The number of alkyl halides is 5. The Kier molecular flexibility index (Phi) is 3.94. The molecule has 0 atom stereocenters. The summed E-state index contributed by atoms with van der Waals surface area (Å²) in [5.74, 6) is -4.01. The highest BCUT2D eigenvalue weighted by Gasteiger charge is 2.37. The third-order valence-corrected chi connectivity index (χ3v) is 4.16. The van der Waals surface area contributed by atoms with Crippen molar-refractivity contribution in [1.29, 1.82) is 0 Å². The molecule has 3 aromatic rings. The molecule has 12 heteroatoms. The highest BCUT2D eigenvalue weighted by atomic mass is 19.4. The highest BCUT2D eigenvalue weighted by Crippen LogP contribution is 2.32. The first-order chi connectivity index (χ1) is 13.2. The van der Waals surface area contributed by atoms with Gasteiger partial charge in [-0.15, -0.1) is 0 Å². The number of allylic oxidation sites excluding steroid dienone is 1. The molecule has 0 N–H and O–H groups in total. The molecule has 0 aliphatic carbocycles. The fraction of sp³-hybridized carbons (Fsp3) is 0.250. The third-order valence-electron chi connectivity index (χ3n) is 4.16. The van der Waals surface area contributed by atoms with Crippen molar-refractivity contribution in [1.82, 2.24) is 29.0 Å². The van der Waals surface area contributed by atoms with Gasteiger partial charge in [-0.2, -0.15) is 18.3 Å². The van der Waals surface area contributed by atoms with E-state index in [0.29, 0.717) is 6.20 Å². The monoisotopic (exact) mass is 398 g/mol. The van der Waals surface area contributed by atoms with Gasteiger partial charge in [0.25, 0.3) is 11.8 Å². The maximum atomic E-state index is 13.6. The van der Waals surface area contributed by atoms with E-state index in [1.54, 1.807) is 0 Å². The fourth-order valence-electron chi connectivity index (χ4n) is 2.89. The Bertz CT molecular complexity index is 1070. The maximum Gasteiger partial charge on any atom is 0.417 e. The lowest BCUT2D eigenvalue weighted by Crippen LogP contribution is -2.40. The lowest BCUT2D eigenvalue weighted by atomic mass is 10.1. The van der Waals surface area contributed by atoms with Gasteiger partial charge in [0.05, 0.1) is 18.3 Å². The summed E-state index contributed by atoms with van der Waals surface area (Å²) < 4.78 is 69.2. The Balaban J connectivity index is 1.87. The number of pyridine rings is 1. The zero-order valence-electron chi connectivity index (χ0n) is 13.9. The summed E-state index contributed by atoms with van der Waals surface area (Å²) in [6.07, 6.45) is 1.13. The van der Waals surface area contributed by atoms with Crippen molar-refractivity contribution in [3.63, 3.8) is 0 Å². The van der Waals surface area contributed by atoms with Gasteiger partial charge in [-0.25, -0.2) is 23.4 Å². The average molecular weight is 398 g/mol. The molecule has 0 spiro atoms. The number of halogens is 5. The molecular formula is C16H11F5N6O. The smallest absolute Gasteiger partial charge is 0.308 e. The van der Waals surface area contributed by atoms with Gasteiger partial charge in [-0.05, 0) is 6.07 Å². The first kappa shape index (κ1) is 18.1. The molecule has 7 nitrogen and oxygen atoms in total. The molecule has 0 bridgehead atoms. The molecule has 0 radical (unpaired) electrons. The van der Waals surface area contributed by atoms with E-state index in [9.17, 15) is 26.7 Å². The number of carbonyl (C=O) groups excluding carboxylic acids is 1. The first-order valence-electron chi connectivity index (χ1n) is 7.94. The molecule has 0 saturated carbocycles. The molecule has 28 heavy (non-hydrogen) atoms. The van der Waals surface area contributed by atoms with E-state index >= 15 is 0 Å². The van der Waals surface area contributed by atoms with Gasteiger partial charge in [0, 0.05) is 18.8 Å². The number of aromatic nitrogens is 5.